The van der Waals surface area contributed by atoms with Gasteiger partial charge in [-0.05, 0) is 87.3 Å². The average Bonchev–Trinajstić information content (AvgIpc) is 3.15. The lowest BCUT2D eigenvalue weighted by Gasteiger charge is -2.55. The van der Waals surface area contributed by atoms with Gasteiger partial charge < -0.3 is 10.6 Å². The van der Waals surface area contributed by atoms with Crippen LogP contribution in [0.3, 0.4) is 0 Å². The summed E-state index contributed by atoms with van der Waals surface area (Å²) in [6.45, 7) is 0. The van der Waals surface area contributed by atoms with Gasteiger partial charge >= 0.3 is 0 Å². The molecule has 0 unspecified atom stereocenters. The van der Waals surface area contributed by atoms with E-state index in [-0.39, 0.29) is 23.1 Å². The van der Waals surface area contributed by atoms with Crippen molar-refractivity contribution in [3.05, 3.63) is 18.2 Å². The van der Waals surface area contributed by atoms with Crippen molar-refractivity contribution in [2.45, 2.75) is 70.6 Å². The van der Waals surface area contributed by atoms with E-state index in [1.807, 2.05) is 18.2 Å². The van der Waals surface area contributed by atoms with Crippen LogP contribution in [0.1, 0.15) is 70.6 Å². The lowest BCUT2D eigenvalue weighted by Crippen LogP contribution is -2.51. The number of nitrogens with one attached hydrogen (secondary N) is 2. The number of carbonyl (C=O) groups is 2. The number of anilines is 2. The Hall–Kier alpha value is -1.95. The second-order valence-electron chi connectivity index (χ2n) is 10.7. The van der Waals surface area contributed by atoms with E-state index >= 15 is 0 Å². The number of hydrogen-bond donors (Lipinski definition) is 2. The van der Waals surface area contributed by atoms with Crippen LogP contribution in [0.5, 0.6) is 0 Å². The minimum Gasteiger partial charge on any atom is -0.326 e. The molecule has 1 heterocycles. The number of fused-ring (bicyclic) bond motifs is 1. The molecule has 31 heavy (non-hydrogen) atoms. The molecule has 4 bridgehead atoms. The molecule has 0 radical (unpaired) electrons. The lowest BCUT2D eigenvalue weighted by atomic mass is 9.49. The van der Waals surface area contributed by atoms with E-state index in [1.54, 1.807) is 0 Å². The number of carbonyl (C=O) groups excluding carboxylic acids is 2. The lowest BCUT2D eigenvalue weighted by molar-refractivity contribution is -0.140. The molecule has 2 N–H and O–H groups in total. The fraction of sp³-hybridized carbons (Fsp3) is 0.640. The molecule has 2 aromatic rings. The summed E-state index contributed by atoms with van der Waals surface area (Å²) < 4.78 is 1.00. The van der Waals surface area contributed by atoms with Crippen LogP contribution in [0.25, 0.3) is 10.2 Å². The Labute approximate surface area is 187 Å². The predicted octanol–water partition coefficient (Wildman–Crippen LogP) is 5.97. The first-order valence-corrected chi connectivity index (χ1v) is 12.9. The van der Waals surface area contributed by atoms with Crippen molar-refractivity contribution in [3.8, 4) is 0 Å². The van der Waals surface area contributed by atoms with E-state index in [4.69, 9.17) is 0 Å². The topological polar surface area (TPSA) is 71.1 Å². The number of rotatable bonds is 4. The Kier molecular flexibility index (Phi) is 4.82. The Balaban J connectivity index is 1.16. The number of nitrogens with zero attached hydrogens (tertiary/aromatic N) is 1. The van der Waals surface area contributed by atoms with Crippen LogP contribution in [-0.4, -0.2) is 16.8 Å². The van der Waals surface area contributed by atoms with Crippen LogP contribution in [0, 0.1) is 29.1 Å². The molecule has 0 atom stereocenters. The minimum absolute atomic E-state index is 0.138. The van der Waals surface area contributed by atoms with Gasteiger partial charge in [0.15, 0.2) is 5.13 Å². The van der Waals surface area contributed by atoms with Gasteiger partial charge in [0.1, 0.15) is 0 Å². The van der Waals surface area contributed by atoms with E-state index in [0.29, 0.717) is 5.13 Å². The average molecular weight is 438 g/mol. The zero-order valence-corrected chi connectivity index (χ0v) is 18.8. The molecule has 5 aliphatic rings. The number of hydrogen-bond acceptors (Lipinski definition) is 4. The summed E-state index contributed by atoms with van der Waals surface area (Å²) in [4.78, 5) is 30.6. The van der Waals surface area contributed by atoms with E-state index in [2.05, 4.69) is 15.6 Å². The molecule has 164 valence electrons. The summed E-state index contributed by atoms with van der Waals surface area (Å²) in [6, 6.07) is 5.87. The van der Waals surface area contributed by atoms with Crippen LogP contribution in [0.4, 0.5) is 10.8 Å². The fourth-order valence-electron chi connectivity index (χ4n) is 7.28. The Morgan fingerprint density at radius 1 is 0.935 bits per heavy atom. The first kappa shape index (κ1) is 19.7. The van der Waals surface area contributed by atoms with E-state index in [0.717, 1.165) is 78.6 Å². The zero-order valence-electron chi connectivity index (χ0n) is 18.0. The van der Waals surface area contributed by atoms with Crippen LogP contribution in [0.2, 0.25) is 0 Å². The first-order valence-electron chi connectivity index (χ1n) is 12.1. The van der Waals surface area contributed by atoms with Gasteiger partial charge in [-0.25, -0.2) is 4.98 Å². The number of amides is 2. The normalized spacial score (nSPS) is 32.3. The summed E-state index contributed by atoms with van der Waals surface area (Å²) in [5.41, 5.74) is 1.54. The molecule has 7 rings (SSSR count). The van der Waals surface area contributed by atoms with Gasteiger partial charge in [-0.2, -0.15) is 0 Å². The highest BCUT2D eigenvalue weighted by Gasteiger charge is 2.54. The molecule has 5 saturated carbocycles. The van der Waals surface area contributed by atoms with Crippen LogP contribution in [0.15, 0.2) is 18.2 Å². The molecule has 0 saturated heterocycles. The van der Waals surface area contributed by atoms with Crippen LogP contribution < -0.4 is 10.6 Å². The molecule has 5 aliphatic carbocycles. The molecule has 5 fully saturated rings. The summed E-state index contributed by atoms with van der Waals surface area (Å²) in [5.74, 6) is 2.73. The van der Waals surface area contributed by atoms with Crippen molar-refractivity contribution < 1.29 is 9.59 Å². The monoisotopic (exact) mass is 437 g/mol. The van der Waals surface area contributed by atoms with Gasteiger partial charge in [0.2, 0.25) is 11.8 Å². The molecular formula is C25H31N3O2S. The number of benzene rings is 1. The maximum absolute atomic E-state index is 13.3. The Morgan fingerprint density at radius 2 is 1.61 bits per heavy atom. The highest BCUT2D eigenvalue weighted by atomic mass is 32.1. The van der Waals surface area contributed by atoms with Crippen molar-refractivity contribution in [3.63, 3.8) is 0 Å². The molecule has 0 spiro atoms. The number of aromatic nitrogens is 1. The van der Waals surface area contributed by atoms with Gasteiger partial charge in [0.25, 0.3) is 0 Å². The Morgan fingerprint density at radius 3 is 2.29 bits per heavy atom. The molecule has 5 nitrogen and oxygen atoms in total. The summed E-state index contributed by atoms with van der Waals surface area (Å²) in [7, 11) is 0. The maximum atomic E-state index is 13.3. The van der Waals surface area contributed by atoms with E-state index in [9.17, 15) is 9.59 Å². The maximum Gasteiger partial charge on any atom is 0.232 e. The molecule has 0 aliphatic heterocycles. The largest absolute Gasteiger partial charge is 0.326 e. The smallest absolute Gasteiger partial charge is 0.232 e. The SMILES string of the molecule is O=C(Nc1ccc2nc(NC(=O)C34CC5CC(CC(C5)C3)C4)sc2c1)C1CCCCC1. The highest BCUT2D eigenvalue weighted by Crippen LogP contribution is 2.60. The summed E-state index contributed by atoms with van der Waals surface area (Å²) in [6.07, 6.45) is 12.7. The van der Waals surface area contributed by atoms with Crippen molar-refractivity contribution in [1.82, 2.24) is 4.98 Å². The molecule has 1 aromatic heterocycles. The van der Waals surface area contributed by atoms with Crippen molar-refractivity contribution in [1.29, 1.82) is 0 Å². The highest BCUT2D eigenvalue weighted by molar-refractivity contribution is 7.22. The van der Waals surface area contributed by atoms with Crippen LogP contribution in [-0.2, 0) is 9.59 Å². The van der Waals surface area contributed by atoms with E-state index < -0.39 is 0 Å². The van der Waals surface area contributed by atoms with Gasteiger partial charge in [-0.3, -0.25) is 9.59 Å². The van der Waals surface area contributed by atoms with Crippen molar-refractivity contribution in [2.24, 2.45) is 29.1 Å². The minimum atomic E-state index is -0.161. The summed E-state index contributed by atoms with van der Waals surface area (Å²) >= 11 is 1.51. The molecule has 6 heteroatoms. The molecule has 2 amide bonds. The quantitative estimate of drug-likeness (QED) is 0.619. The van der Waals surface area contributed by atoms with Gasteiger partial charge in [-0.1, -0.05) is 30.6 Å². The fourth-order valence-corrected chi connectivity index (χ4v) is 8.18. The van der Waals surface area contributed by atoms with Crippen molar-refractivity contribution in [2.75, 3.05) is 10.6 Å². The Bertz CT molecular complexity index is 988. The summed E-state index contributed by atoms with van der Waals surface area (Å²) in [5, 5.41) is 6.96. The van der Waals surface area contributed by atoms with Gasteiger partial charge in [-0.15, -0.1) is 0 Å². The third-order valence-electron chi connectivity index (χ3n) is 8.37. The van der Waals surface area contributed by atoms with E-state index in [1.165, 1.54) is 37.0 Å². The second kappa shape index (κ2) is 7.58. The third-order valence-corrected chi connectivity index (χ3v) is 9.31. The van der Waals surface area contributed by atoms with Crippen molar-refractivity contribution >= 4 is 44.2 Å². The third kappa shape index (κ3) is 3.67. The predicted molar refractivity (Wildman–Crippen MR) is 124 cm³/mol. The van der Waals surface area contributed by atoms with Crippen LogP contribution >= 0.6 is 11.3 Å². The number of thiazole rings is 1. The van der Waals surface area contributed by atoms with Gasteiger partial charge in [0, 0.05) is 11.6 Å². The molecule has 1 aromatic carbocycles. The zero-order chi connectivity index (χ0) is 21.0. The second-order valence-corrected chi connectivity index (χ2v) is 11.7. The van der Waals surface area contributed by atoms with Gasteiger partial charge in [0.05, 0.1) is 15.6 Å². The molecular weight excluding hydrogens is 406 g/mol. The standard InChI is InChI=1S/C25H31N3O2S/c29-22(18-4-2-1-3-5-18)26-19-6-7-20-21(11-19)31-24(27-20)28-23(30)25-12-15-8-16(13-25)10-17(9-15)14-25/h6-7,11,15-18H,1-5,8-10,12-14H2,(H,26,29)(H,27,28,30). The first-order chi connectivity index (χ1) is 15.1.